The molecule has 0 saturated carbocycles. The summed E-state index contributed by atoms with van der Waals surface area (Å²) in [6.45, 7) is 6.88. The number of rotatable bonds is 2. The van der Waals surface area contributed by atoms with Crippen LogP contribution in [0.5, 0.6) is 0 Å². The van der Waals surface area contributed by atoms with E-state index in [0.29, 0.717) is 32.7 Å². The SMILES string of the molecule is CCNC(=O)N1CCN(C(=O)C2CCNC2)CC1. The van der Waals surface area contributed by atoms with Crippen LogP contribution in [0.15, 0.2) is 0 Å². The van der Waals surface area contributed by atoms with Crippen LogP contribution in [0, 0.1) is 5.92 Å². The van der Waals surface area contributed by atoms with Crippen LogP contribution in [0.2, 0.25) is 0 Å². The number of nitrogens with zero attached hydrogens (tertiary/aromatic N) is 2. The summed E-state index contributed by atoms with van der Waals surface area (Å²) < 4.78 is 0. The van der Waals surface area contributed by atoms with Gasteiger partial charge in [0, 0.05) is 39.3 Å². The lowest BCUT2D eigenvalue weighted by molar-refractivity contribution is -0.136. The number of carbonyl (C=O) groups excluding carboxylic acids is 2. The topological polar surface area (TPSA) is 64.7 Å². The molecule has 0 aromatic rings. The molecule has 2 saturated heterocycles. The Kier molecular flexibility index (Phi) is 4.41. The quantitative estimate of drug-likeness (QED) is 0.696. The van der Waals surface area contributed by atoms with Crippen molar-refractivity contribution in [3.63, 3.8) is 0 Å². The Labute approximate surface area is 108 Å². The summed E-state index contributed by atoms with van der Waals surface area (Å²) in [5, 5.41) is 6.00. The zero-order valence-electron chi connectivity index (χ0n) is 10.9. The molecule has 3 amide bonds. The van der Waals surface area contributed by atoms with Gasteiger partial charge in [-0.05, 0) is 19.9 Å². The number of urea groups is 1. The molecule has 0 bridgehead atoms. The van der Waals surface area contributed by atoms with Crippen molar-refractivity contribution in [3.05, 3.63) is 0 Å². The van der Waals surface area contributed by atoms with Gasteiger partial charge in [0.25, 0.3) is 0 Å². The van der Waals surface area contributed by atoms with E-state index >= 15 is 0 Å². The average molecular weight is 254 g/mol. The van der Waals surface area contributed by atoms with Crippen molar-refractivity contribution >= 4 is 11.9 Å². The zero-order valence-corrected chi connectivity index (χ0v) is 10.9. The maximum Gasteiger partial charge on any atom is 0.317 e. The summed E-state index contributed by atoms with van der Waals surface area (Å²) in [6, 6.07) is -0.0212. The predicted octanol–water partition coefficient (Wildman–Crippen LogP) is -0.530. The highest BCUT2D eigenvalue weighted by atomic mass is 16.2. The maximum atomic E-state index is 12.2. The molecule has 2 aliphatic heterocycles. The van der Waals surface area contributed by atoms with Crippen LogP contribution < -0.4 is 10.6 Å². The molecule has 0 aromatic heterocycles. The van der Waals surface area contributed by atoms with E-state index in [1.165, 1.54) is 0 Å². The van der Waals surface area contributed by atoms with Gasteiger partial charge in [0.05, 0.1) is 5.92 Å². The standard InChI is InChI=1S/C12H22N4O2/c1-2-14-12(18)16-7-5-15(6-8-16)11(17)10-3-4-13-9-10/h10,13H,2-9H2,1H3,(H,14,18). The van der Waals surface area contributed by atoms with Crippen LogP contribution in [0.25, 0.3) is 0 Å². The molecular weight excluding hydrogens is 232 g/mol. The van der Waals surface area contributed by atoms with Crippen molar-refractivity contribution in [1.82, 2.24) is 20.4 Å². The third kappa shape index (κ3) is 2.93. The third-order valence-electron chi connectivity index (χ3n) is 3.62. The highest BCUT2D eigenvalue weighted by Crippen LogP contribution is 2.13. The highest BCUT2D eigenvalue weighted by molar-refractivity contribution is 5.80. The molecule has 0 aliphatic carbocycles. The van der Waals surface area contributed by atoms with Gasteiger partial charge < -0.3 is 20.4 Å². The van der Waals surface area contributed by atoms with Crippen molar-refractivity contribution in [3.8, 4) is 0 Å². The average Bonchev–Trinajstić information content (AvgIpc) is 2.92. The molecule has 0 radical (unpaired) electrons. The lowest BCUT2D eigenvalue weighted by Crippen LogP contribution is -2.54. The van der Waals surface area contributed by atoms with Gasteiger partial charge in [-0.3, -0.25) is 4.79 Å². The van der Waals surface area contributed by atoms with Crippen LogP contribution in [0.4, 0.5) is 4.79 Å². The maximum absolute atomic E-state index is 12.2. The van der Waals surface area contributed by atoms with Crippen molar-refractivity contribution < 1.29 is 9.59 Å². The van der Waals surface area contributed by atoms with Crippen molar-refractivity contribution in [2.45, 2.75) is 13.3 Å². The summed E-state index contributed by atoms with van der Waals surface area (Å²) in [5.74, 6) is 0.386. The van der Waals surface area contributed by atoms with Gasteiger partial charge in [-0.2, -0.15) is 0 Å². The molecule has 6 nitrogen and oxygen atoms in total. The van der Waals surface area contributed by atoms with Crippen LogP contribution in [0.1, 0.15) is 13.3 Å². The van der Waals surface area contributed by atoms with E-state index in [-0.39, 0.29) is 17.9 Å². The van der Waals surface area contributed by atoms with Crippen molar-refractivity contribution in [2.24, 2.45) is 5.92 Å². The minimum Gasteiger partial charge on any atom is -0.339 e. The Morgan fingerprint density at radius 3 is 2.44 bits per heavy atom. The lowest BCUT2D eigenvalue weighted by atomic mass is 10.1. The van der Waals surface area contributed by atoms with E-state index in [1.807, 2.05) is 11.8 Å². The fraction of sp³-hybridized carbons (Fsp3) is 0.833. The van der Waals surface area contributed by atoms with Crippen LogP contribution in [-0.2, 0) is 4.79 Å². The summed E-state index contributed by atoms with van der Waals surface area (Å²) in [5.41, 5.74) is 0. The van der Waals surface area contributed by atoms with Gasteiger partial charge in [-0.25, -0.2) is 4.79 Å². The molecule has 2 fully saturated rings. The van der Waals surface area contributed by atoms with Crippen LogP contribution in [0.3, 0.4) is 0 Å². The molecule has 2 rings (SSSR count). The van der Waals surface area contributed by atoms with Gasteiger partial charge in [0.1, 0.15) is 0 Å². The van der Waals surface area contributed by atoms with Gasteiger partial charge in [0.15, 0.2) is 0 Å². The summed E-state index contributed by atoms with van der Waals surface area (Å²) >= 11 is 0. The number of nitrogens with one attached hydrogen (secondary N) is 2. The molecule has 2 N–H and O–H groups in total. The summed E-state index contributed by atoms with van der Waals surface area (Å²) in [7, 11) is 0. The number of piperazine rings is 1. The normalized spacial score (nSPS) is 24.2. The second-order valence-corrected chi connectivity index (χ2v) is 4.84. The minimum atomic E-state index is -0.0212. The van der Waals surface area contributed by atoms with Crippen LogP contribution >= 0.6 is 0 Å². The molecule has 102 valence electrons. The Morgan fingerprint density at radius 2 is 1.89 bits per heavy atom. The number of hydrogen-bond donors (Lipinski definition) is 2. The minimum absolute atomic E-state index is 0.0212. The first-order valence-electron chi connectivity index (χ1n) is 6.74. The first kappa shape index (κ1) is 13.1. The van der Waals surface area contributed by atoms with E-state index in [4.69, 9.17) is 0 Å². The Bertz CT molecular complexity index is 307. The fourth-order valence-corrected chi connectivity index (χ4v) is 2.52. The third-order valence-corrected chi connectivity index (χ3v) is 3.62. The Hall–Kier alpha value is -1.30. The fourth-order valence-electron chi connectivity index (χ4n) is 2.52. The molecule has 2 heterocycles. The predicted molar refractivity (Wildman–Crippen MR) is 68.2 cm³/mol. The molecule has 6 heteroatoms. The van der Waals surface area contributed by atoms with E-state index in [9.17, 15) is 9.59 Å². The number of amides is 3. The Morgan fingerprint density at radius 1 is 1.22 bits per heavy atom. The van der Waals surface area contributed by atoms with Gasteiger partial charge in [-0.15, -0.1) is 0 Å². The second-order valence-electron chi connectivity index (χ2n) is 4.84. The largest absolute Gasteiger partial charge is 0.339 e. The number of carbonyl (C=O) groups is 2. The van der Waals surface area contributed by atoms with Crippen molar-refractivity contribution in [2.75, 3.05) is 45.8 Å². The first-order chi connectivity index (χ1) is 8.72. The van der Waals surface area contributed by atoms with Gasteiger partial charge in [0.2, 0.25) is 5.91 Å². The first-order valence-corrected chi connectivity index (χ1v) is 6.74. The molecular formula is C12H22N4O2. The number of hydrogen-bond acceptors (Lipinski definition) is 3. The van der Waals surface area contributed by atoms with E-state index in [1.54, 1.807) is 4.90 Å². The second kappa shape index (κ2) is 6.04. The van der Waals surface area contributed by atoms with E-state index < -0.39 is 0 Å². The zero-order chi connectivity index (χ0) is 13.0. The van der Waals surface area contributed by atoms with Gasteiger partial charge in [-0.1, -0.05) is 0 Å². The summed E-state index contributed by atoms with van der Waals surface area (Å²) in [4.78, 5) is 27.5. The summed E-state index contributed by atoms with van der Waals surface area (Å²) in [6.07, 6.45) is 0.940. The molecule has 2 aliphatic rings. The molecule has 0 aromatic carbocycles. The molecule has 18 heavy (non-hydrogen) atoms. The lowest BCUT2D eigenvalue weighted by Gasteiger charge is -2.35. The van der Waals surface area contributed by atoms with E-state index in [2.05, 4.69) is 10.6 Å². The molecule has 1 unspecified atom stereocenters. The molecule has 0 spiro atoms. The van der Waals surface area contributed by atoms with Gasteiger partial charge >= 0.3 is 6.03 Å². The van der Waals surface area contributed by atoms with Crippen LogP contribution in [-0.4, -0.2) is 67.6 Å². The highest BCUT2D eigenvalue weighted by Gasteiger charge is 2.30. The smallest absolute Gasteiger partial charge is 0.317 e. The monoisotopic (exact) mass is 254 g/mol. The molecule has 1 atom stereocenters. The Balaban J connectivity index is 1.79. The van der Waals surface area contributed by atoms with E-state index in [0.717, 1.165) is 19.5 Å². The van der Waals surface area contributed by atoms with Crippen molar-refractivity contribution in [1.29, 1.82) is 0 Å².